The van der Waals surface area contributed by atoms with E-state index in [0.717, 1.165) is 82.0 Å². The number of sulfonamides is 1. The van der Waals surface area contributed by atoms with Crippen molar-refractivity contribution in [3.05, 3.63) is 28.5 Å². The summed E-state index contributed by atoms with van der Waals surface area (Å²) in [5, 5.41) is 0.713. The van der Waals surface area contributed by atoms with Crippen LogP contribution >= 0.6 is 0 Å². The van der Waals surface area contributed by atoms with Crippen LogP contribution in [0.4, 0.5) is 0 Å². The molecule has 31 heavy (non-hydrogen) atoms. The van der Waals surface area contributed by atoms with Crippen molar-refractivity contribution in [1.82, 2.24) is 9.62 Å². The molecule has 0 spiro atoms. The Hall–Kier alpha value is -1.86. The number of carbonyl (C=O) groups excluding carboxylic acids is 1. The Morgan fingerprint density at radius 1 is 0.968 bits per heavy atom. The average molecular weight is 447 g/mol. The molecule has 1 aliphatic heterocycles. The first-order chi connectivity index (χ1) is 14.8. The standard InChI is InChI=1S/C24H34N2O4S/c1-16-15-20-18(3)21(24(27)26-13-9-6-10-14-26)30-22(20)23(17(16)2)31(28,29)25-19-11-7-4-5-8-12-19/h15,19,25H,4-14H2,1-3H3. The number of fused-ring (bicyclic) bond motifs is 1. The zero-order valence-corrected chi connectivity index (χ0v) is 19.7. The molecule has 1 saturated heterocycles. The van der Waals surface area contributed by atoms with Gasteiger partial charge in [0.05, 0.1) is 0 Å². The van der Waals surface area contributed by atoms with Gasteiger partial charge in [0.1, 0.15) is 4.90 Å². The van der Waals surface area contributed by atoms with Crippen molar-refractivity contribution in [2.75, 3.05) is 13.1 Å². The van der Waals surface area contributed by atoms with E-state index in [2.05, 4.69) is 4.72 Å². The van der Waals surface area contributed by atoms with Gasteiger partial charge in [-0.3, -0.25) is 4.79 Å². The van der Waals surface area contributed by atoms with Crippen molar-refractivity contribution in [3.63, 3.8) is 0 Å². The zero-order valence-electron chi connectivity index (χ0n) is 18.9. The summed E-state index contributed by atoms with van der Waals surface area (Å²) in [6.45, 7) is 7.04. The van der Waals surface area contributed by atoms with E-state index < -0.39 is 10.0 Å². The Morgan fingerprint density at radius 3 is 2.23 bits per heavy atom. The monoisotopic (exact) mass is 446 g/mol. The van der Waals surface area contributed by atoms with E-state index in [1.54, 1.807) is 0 Å². The molecule has 1 amide bonds. The van der Waals surface area contributed by atoms with Crippen molar-refractivity contribution in [2.24, 2.45) is 0 Å². The number of aryl methyl sites for hydroxylation is 2. The molecule has 1 aromatic carbocycles. The normalized spacial score (nSPS) is 19.0. The number of hydrogen-bond acceptors (Lipinski definition) is 4. The summed E-state index contributed by atoms with van der Waals surface area (Å²) >= 11 is 0. The maximum Gasteiger partial charge on any atom is 0.289 e. The van der Waals surface area contributed by atoms with Gasteiger partial charge >= 0.3 is 0 Å². The van der Waals surface area contributed by atoms with E-state index in [0.29, 0.717) is 16.5 Å². The minimum atomic E-state index is -3.78. The van der Waals surface area contributed by atoms with Gasteiger partial charge in [0.25, 0.3) is 5.91 Å². The number of carbonyl (C=O) groups is 1. The lowest BCUT2D eigenvalue weighted by atomic mass is 10.0. The molecule has 2 heterocycles. The zero-order chi connectivity index (χ0) is 22.2. The highest BCUT2D eigenvalue weighted by Crippen LogP contribution is 2.36. The van der Waals surface area contributed by atoms with Gasteiger partial charge in [-0.25, -0.2) is 13.1 Å². The molecule has 1 saturated carbocycles. The first-order valence-corrected chi connectivity index (χ1v) is 13.1. The van der Waals surface area contributed by atoms with Crippen molar-refractivity contribution >= 4 is 26.9 Å². The van der Waals surface area contributed by atoms with Gasteiger partial charge in [-0.1, -0.05) is 25.7 Å². The topological polar surface area (TPSA) is 79.6 Å². The number of benzene rings is 1. The third kappa shape index (κ3) is 4.40. The number of nitrogens with one attached hydrogen (secondary N) is 1. The molecule has 0 bridgehead atoms. The number of furan rings is 1. The fourth-order valence-electron chi connectivity index (χ4n) is 4.99. The van der Waals surface area contributed by atoms with Crippen molar-refractivity contribution < 1.29 is 17.6 Å². The van der Waals surface area contributed by atoms with E-state index in [4.69, 9.17) is 4.42 Å². The molecule has 2 aromatic rings. The highest BCUT2D eigenvalue weighted by molar-refractivity contribution is 7.89. The molecule has 1 aliphatic carbocycles. The number of nitrogens with zero attached hydrogens (tertiary/aromatic N) is 1. The van der Waals surface area contributed by atoms with Crippen LogP contribution in [0.5, 0.6) is 0 Å². The largest absolute Gasteiger partial charge is 0.449 e. The van der Waals surface area contributed by atoms with Crippen LogP contribution in [-0.4, -0.2) is 38.4 Å². The Bertz CT molecular complexity index is 1070. The molecule has 4 rings (SSSR count). The van der Waals surface area contributed by atoms with Crippen LogP contribution in [0.25, 0.3) is 11.0 Å². The van der Waals surface area contributed by atoms with E-state index in [1.807, 2.05) is 31.7 Å². The lowest BCUT2D eigenvalue weighted by Crippen LogP contribution is -2.35. The second-order valence-corrected chi connectivity index (χ2v) is 10.9. The summed E-state index contributed by atoms with van der Waals surface area (Å²) in [6.07, 6.45) is 9.26. The number of hydrogen-bond donors (Lipinski definition) is 1. The quantitative estimate of drug-likeness (QED) is 0.672. The van der Waals surface area contributed by atoms with Crippen LogP contribution < -0.4 is 4.72 Å². The predicted octanol–water partition coefficient (Wildman–Crippen LogP) is 4.99. The maximum absolute atomic E-state index is 13.5. The summed E-state index contributed by atoms with van der Waals surface area (Å²) in [5.74, 6) is 0.136. The molecule has 0 radical (unpaired) electrons. The fraction of sp³-hybridized carbons (Fsp3) is 0.625. The van der Waals surface area contributed by atoms with Crippen molar-refractivity contribution in [1.29, 1.82) is 0 Å². The lowest BCUT2D eigenvalue weighted by molar-refractivity contribution is 0.0693. The number of piperidine rings is 1. The molecule has 2 fully saturated rings. The summed E-state index contributed by atoms with van der Waals surface area (Å²) in [6, 6.07) is 1.90. The molecule has 0 atom stereocenters. The van der Waals surface area contributed by atoms with Crippen molar-refractivity contribution in [3.8, 4) is 0 Å². The second kappa shape index (κ2) is 8.94. The Labute approximate surface area is 185 Å². The second-order valence-electron chi connectivity index (χ2n) is 9.24. The Morgan fingerprint density at radius 2 is 1.58 bits per heavy atom. The van der Waals surface area contributed by atoms with Gasteiger partial charge < -0.3 is 9.32 Å². The molecule has 2 aliphatic rings. The van der Waals surface area contributed by atoms with Crippen LogP contribution in [0, 0.1) is 20.8 Å². The lowest BCUT2D eigenvalue weighted by Gasteiger charge is -2.25. The highest BCUT2D eigenvalue weighted by Gasteiger charge is 2.31. The first kappa shape index (κ1) is 22.3. The van der Waals surface area contributed by atoms with Gasteiger partial charge in [-0.2, -0.15) is 0 Å². The van der Waals surface area contributed by atoms with E-state index in [9.17, 15) is 13.2 Å². The molecule has 6 nitrogen and oxygen atoms in total. The van der Waals surface area contributed by atoms with E-state index >= 15 is 0 Å². The van der Waals surface area contributed by atoms with Gasteiger partial charge in [0.15, 0.2) is 11.3 Å². The Kier molecular flexibility index (Phi) is 6.44. The summed E-state index contributed by atoms with van der Waals surface area (Å²) < 4.78 is 36.1. The third-order valence-corrected chi connectivity index (χ3v) is 8.65. The van der Waals surface area contributed by atoms with Crippen LogP contribution in [-0.2, 0) is 10.0 Å². The molecular weight excluding hydrogens is 412 g/mol. The van der Waals surface area contributed by atoms with Crippen LogP contribution in [0.2, 0.25) is 0 Å². The smallest absolute Gasteiger partial charge is 0.289 e. The van der Waals surface area contributed by atoms with E-state index in [-0.39, 0.29) is 22.6 Å². The van der Waals surface area contributed by atoms with Gasteiger partial charge in [-0.05, 0) is 70.1 Å². The molecule has 1 aromatic heterocycles. The molecule has 170 valence electrons. The summed E-state index contributed by atoms with van der Waals surface area (Å²) in [7, 11) is -3.78. The number of rotatable bonds is 4. The average Bonchev–Trinajstić information content (AvgIpc) is 2.91. The van der Waals surface area contributed by atoms with Crippen molar-refractivity contribution in [2.45, 2.75) is 89.5 Å². The summed E-state index contributed by atoms with van der Waals surface area (Å²) in [4.78, 5) is 15.2. The van der Waals surface area contributed by atoms with Crippen LogP contribution in [0.3, 0.4) is 0 Å². The molecular formula is C24H34N2O4S. The highest BCUT2D eigenvalue weighted by atomic mass is 32.2. The Balaban J connectivity index is 1.77. The minimum absolute atomic E-state index is 0.0482. The number of likely N-dealkylation sites (tertiary alicyclic amines) is 1. The fourth-order valence-corrected chi connectivity index (χ4v) is 6.74. The molecule has 7 heteroatoms. The van der Waals surface area contributed by atoms with Crippen LogP contribution in [0.15, 0.2) is 15.4 Å². The SMILES string of the molecule is Cc1cc2c(C)c(C(=O)N3CCCCC3)oc2c(S(=O)(=O)NC2CCCCCC2)c1C. The third-order valence-electron chi connectivity index (χ3n) is 6.98. The van der Waals surface area contributed by atoms with Gasteiger partial charge in [0, 0.05) is 30.1 Å². The number of amides is 1. The molecule has 1 N–H and O–H groups in total. The van der Waals surface area contributed by atoms with Gasteiger partial charge in [-0.15, -0.1) is 0 Å². The minimum Gasteiger partial charge on any atom is -0.449 e. The van der Waals surface area contributed by atoms with Gasteiger partial charge in [0.2, 0.25) is 10.0 Å². The molecule has 0 unspecified atom stereocenters. The predicted molar refractivity (Wildman–Crippen MR) is 122 cm³/mol. The first-order valence-electron chi connectivity index (χ1n) is 11.6. The summed E-state index contributed by atoms with van der Waals surface area (Å²) in [5.41, 5.74) is 2.59. The van der Waals surface area contributed by atoms with E-state index in [1.165, 1.54) is 0 Å². The maximum atomic E-state index is 13.5. The van der Waals surface area contributed by atoms with Crippen LogP contribution in [0.1, 0.15) is 85.0 Å².